The summed E-state index contributed by atoms with van der Waals surface area (Å²) >= 11 is 2.11. The van der Waals surface area contributed by atoms with E-state index in [0.717, 1.165) is 0 Å². The maximum atomic E-state index is 11.6. The van der Waals surface area contributed by atoms with Gasteiger partial charge in [-0.15, -0.1) is 0 Å². The second kappa shape index (κ2) is 7.62. The summed E-state index contributed by atoms with van der Waals surface area (Å²) in [7, 11) is 0.423. The summed E-state index contributed by atoms with van der Waals surface area (Å²) in [5.41, 5.74) is 1.23. The van der Waals surface area contributed by atoms with Gasteiger partial charge < -0.3 is 23.7 Å². The lowest BCUT2D eigenvalue weighted by Gasteiger charge is -2.15. The van der Waals surface area contributed by atoms with E-state index in [1.165, 1.54) is 7.11 Å². The van der Waals surface area contributed by atoms with Gasteiger partial charge in [-0.05, 0) is 40.5 Å². The fourth-order valence-corrected chi connectivity index (χ4v) is 3.23. The fraction of sp³-hybridized carbons (Fsp3) is 0.417. The third kappa shape index (κ3) is 3.80. The highest BCUT2D eigenvalue weighted by molar-refractivity contribution is 14.2. The van der Waals surface area contributed by atoms with E-state index in [9.17, 15) is 9.82 Å². The van der Waals surface area contributed by atoms with Crippen molar-refractivity contribution in [1.82, 2.24) is 0 Å². The second-order valence-corrected chi connectivity index (χ2v) is 5.97. The molecule has 1 aliphatic rings. The number of halogens is 1. The highest BCUT2D eigenvalue weighted by Gasteiger charge is 2.39. The van der Waals surface area contributed by atoms with Crippen LogP contribution in [-0.2, 0) is 14.2 Å². The normalized spacial score (nSPS) is 17.1. The number of carbonyl (C=O) groups excluding carboxylic acids is 1. The lowest BCUT2D eigenvalue weighted by atomic mass is 9.78. The zero-order chi connectivity index (χ0) is 15.4. The number of rotatable bonds is 6. The Morgan fingerprint density at radius 3 is 2.95 bits per heavy atom. The molecule has 0 saturated heterocycles. The number of hydrogen-bond acceptors (Lipinski definition) is 6. The molecule has 2 atom stereocenters. The molecule has 0 amide bonds. The molecular formula is C12H15BIO6P. The molecule has 114 valence electrons. The summed E-state index contributed by atoms with van der Waals surface area (Å²) in [6.07, 6.45) is -0.553. The van der Waals surface area contributed by atoms with Crippen LogP contribution >= 0.6 is 28.5 Å². The van der Waals surface area contributed by atoms with Gasteiger partial charge in [-0.2, -0.15) is 0 Å². The van der Waals surface area contributed by atoms with E-state index >= 15 is 0 Å². The minimum Gasteiger partial charge on any atom is -0.496 e. The number of hydrogen-bond donors (Lipinski definition) is 1. The van der Waals surface area contributed by atoms with Gasteiger partial charge in [0.1, 0.15) is 17.9 Å². The molecule has 0 aromatic heterocycles. The fourth-order valence-electron chi connectivity index (χ4n) is 2.26. The molecule has 0 aliphatic carbocycles. The summed E-state index contributed by atoms with van der Waals surface area (Å²) < 4.78 is 21.2. The summed E-state index contributed by atoms with van der Waals surface area (Å²) in [5, 5.41) is 10.0. The molecule has 1 N–H and O–H groups in total. The van der Waals surface area contributed by atoms with E-state index < -0.39 is 13.2 Å². The van der Waals surface area contributed by atoms with Crippen molar-refractivity contribution < 1.29 is 28.5 Å². The molecule has 0 radical (unpaired) electrons. The molecule has 2 unspecified atom stereocenters. The highest BCUT2D eigenvalue weighted by atomic mass is 127. The largest absolute Gasteiger partial charge is 0.496 e. The Morgan fingerprint density at radius 1 is 1.57 bits per heavy atom. The van der Waals surface area contributed by atoms with E-state index in [1.807, 2.05) is 0 Å². The lowest BCUT2D eigenvalue weighted by molar-refractivity contribution is -0.145. The van der Waals surface area contributed by atoms with Crippen molar-refractivity contribution >= 4 is 47.0 Å². The van der Waals surface area contributed by atoms with Crippen LogP contribution in [0.4, 0.5) is 0 Å². The van der Waals surface area contributed by atoms with Crippen LogP contribution in [0, 0.1) is 0 Å². The second-order valence-electron chi connectivity index (χ2n) is 4.29. The van der Waals surface area contributed by atoms with Gasteiger partial charge in [0.15, 0.2) is 0 Å². The van der Waals surface area contributed by atoms with E-state index in [0.29, 0.717) is 29.1 Å². The van der Waals surface area contributed by atoms with Gasteiger partial charge in [0, 0.05) is 11.6 Å². The first-order valence-electron chi connectivity index (χ1n) is 6.34. The standard InChI is InChI=1S/C12H15BIO6P/c1-3-18-11(15)6-10-12-8(13(16)19-10)4-7(20-21-14)5-9(12)17-2/h4-5,10,16,21H,3,6H2,1-2H3. The molecule has 1 aliphatic heterocycles. The van der Waals surface area contributed by atoms with Crippen molar-refractivity contribution in [3.63, 3.8) is 0 Å². The third-order valence-electron chi connectivity index (χ3n) is 3.06. The van der Waals surface area contributed by atoms with Crippen molar-refractivity contribution in [1.29, 1.82) is 0 Å². The summed E-state index contributed by atoms with van der Waals surface area (Å²) in [5.74, 6) is 0.749. The minimum atomic E-state index is -1.10. The first-order valence-corrected chi connectivity index (χ1v) is 10.4. The number of fused-ring (bicyclic) bond motifs is 1. The van der Waals surface area contributed by atoms with E-state index in [1.54, 1.807) is 19.1 Å². The van der Waals surface area contributed by atoms with Crippen LogP contribution in [-0.4, -0.2) is 31.8 Å². The number of methoxy groups -OCH3 is 1. The Hall–Kier alpha value is -0.565. The molecule has 1 heterocycles. The number of esters is 1. The van der Waals surface area contributed by atoms with E-state index in [-0.39, 0.29) is 18.8 Å². The van der Waals surface area contributed by atoms with Gasteiger partial charge in [-0.3, -0.25) is 4.79 Å². The molecule has 0 saturated carbocycles. The Kier molecular flexibility index (Phi) is 6.10. The number of ether oxygens (including phenoxy) is 2. The molecule has 1 aromatic carbocycles. The van der Waals surface area contributed by atoms with Crippen LogP contribution in [0.5, 0.6) is 11.5 Å². The smallest absolute Gasteiger partial charge is 0.492 e. The molecule has 21 heavy (non-hydrogen) atoms. The van der Waals surface area contributed by atoms with Gasteiger partial charge in [-0.1, -0.05) is 0 Å². The van der Waals surface area contributed by atoms with Crippen molar-refractivity contribution in [3.05, 3.63) is 17.7 Å². The predicted octanol–water partition coefficient (Wildman–Crippen LogP) is 1.73. The zero-order valence-corrected chi connectivity index (χ0v) is 14.7. The Morgan fingerprint density at radius 2 is 2.33 bits per heavy atom. The van der Waals surface area contributed by atoms with Gasteiger partial charge in [0.05, 0.1) is 26.2 Å². The first kappa shape index (κ1) is 16.8. The molecule has 9 heteroatoms. The van der Waals surface area contributed by atoms with Crippen molar-refractivity contribution in [3.8, 4) is 11.5 Å². The monoisotopic (exact) mass is 424 g/mol. The minimum absolute atomic E-state index is 0.0303. The summed E-state index contributed by atoms with van der Waals surface area (Å²) in [6.45, 7) is 2.30. The van der Waals surface area contributed by atoms with Gasteiger partial charge in [0.2, 0.25) is 0 Å². The van der Waals surface area contributed by atoms with E-state index in [4.69, 9.17) is 18.7 Å². The van der Waals surface area contributed by atoms with Crippen LogP contribution in [0.25, 0.3) is 0 Å². The van der Waals surface area contributed by atoms with Crippen molar-refractivity contribution in [2.24, 2.45) is 0 Å². The SMILES string of the molecule is CCOC(=O)CC1OB(O)c2cc(OPI)cc(OC)c21. The van der Waals surface area contributed by atoms with Crippen LogP contribution in [0.2, 0.25) is 0 Å². The van der Waals surface area contributed by atoms with Gasteiger partial charge >= 0.3 is 13.1 Å². The number of carbonyl (C=O) groups is 1. The topological polar surface area (TPSA) is 74.2 Å². The van der Waals surface area contributed by atoms with Crippen molar-refractivity contribution in [2.45, 2.75) is 19.4 Å². The third-order valence-corrected chi connectivity index (χ3v) is 4.04. The van der Waals surface area contributed by atoms with E-state index in [2.05, 4.69) is 22.0 Å². The Bertz CT molecular complexity index is 529. The predicted molar refractivity (Wildman–Crippen MR) is 88.6 cm³/mol. The quantitative estimate of drug-likeness (QED) is 0.325. The summed E-state index contributed by atoms with van der Waals surface area (Å²) in [6, 6.07) is 3.43. The summed E-state index contributed by atoms with van der Waals surface area (Å²) in [4.78, 5) is 11.6. The lowest BCUT2D eigenvalue weighted by Crippen LogP contribution is -2.28. The first-order chi connectivity index (χ1) is 10.1. The van der Waals surface area contributed by atoms with Crippen LogP contribution < -0.4 is 14.7 Å². The van der Waals surface area contributed by atoms with Gasteiger partial charge in [-0.25, -0.2) is 0 Å². The average molecular weight is 424 g/mol. The van der Waals surface area contributed by atoms with Crippen LogP contribution in [0.15, 0.2) is 12.1 Å². The number of benzene rings is 1. The molecule has 0 bridgehead atoms. The average Bonchev–Trinajstić information content (AvgIpc) is 2.75. The highest BCUT2D eigenvalue weighted by Crippen LogP contribution is 2.38. The molecule has 1 aromatic rings. The maximum absolute atomic E-state index is 11.6. The molecular weight excluding hydrogens is 409 g/mol. The zero-order valence-electron chi connectivity index (χ0n) is 11.6. The molecule has 0 spiro atoms. The Labute approximate surface area is 138 Å². The molecule has 6 nitrogen and oxygen atoms in total. The van der Waals surface area contributed by atoms with Gasteiger partial charge in [0.25, 0.3) is 0 Å². The molecule has 2 rings (SSSR count). The Balaban J connectivity index is 2.32. The maximum Gasteiger partial charge on any atom is 0.492 e. The van der Waals surface area contributed by atoms with Crippen molar-refractivity contribution in [2.75, 3.05) is 13.7 Å². The van der Waals surface area contributed by atoms with Crippen LogP contribution in [0.1, 0.15) is 25.0 Å². The molecule has 0 fully saturated rings. The van der Waals surface area contributed by atoms with Crippen LogP contribution in [0.3, 0.4) is 0 Å².